The first-order valence-corrected chi connectivity index (χ1v) is 12.4. The number of carbonyl (C=O) groups excluding carboxylic acids is 2. The molecule has 0 aliphatic carbocycles. The molecule has 37 heavy (non-hydrogen) atoms. The number of likely N-dealkylation sites (tertiary alicyclic amines) is 1. The number of aromatic nitrogens is 2. The van der Waals surface area contributed by atoms with Crippen LogP contribution < -0.4 is 10.6 Å². The molecule has 0 spiro atoms. The van der Waals surface area contributed by atoms with E-state index < -0.39 is 0 Å². The molecule has 0 saturated carbocycles. The summed E-state index contributed by atoms with van der Waals surface area (Å²) in [6.07, 6.45) is 2.93. The Bertz CT molecular complexity index is 1360. The number of nitrogens with zero attached hydrogens (tertiary/aromatic N) is 3. The summed E-state index contributed by atoms with van der Waals surface area (Å²) in [7, 11) is 0. The van der Waals surface area contributed by atoms with Crippen molar-refractivity contribution in [2.45, 2.75) is 25.9 Å². The first-order chi connectivity index (χ1) is 18.0. The van der Waals surface area contributed by atoms with Gasteiger partial charge in [0, 0.05) is 16.5 Å². The second-order valence-corrected chi connectivity index (χ2v) is 9.31. The first-order valence-electron chi connectivity index (χ1n) is 12.1. The number of anilines is 1. The summed E-state index contributed by atoms with van der Waals surface area (Å²) in [5, 5.41) is 10.4. The summed E-state index contributed by atoms with van der Waals surface area (Å²) in [5.41, 5.74) is 1.70. The Morgan fingerprint density at radius 1 is 1.05 bits per heavy atom. The molecule has 3 heterocycles. The molecule has 1 aliphatic rings. The van der Waals surface area contributed by atoms with Crippen LogP contribution in [0.1, 0.15) is 34.9 Å². The Morgan fingerprint density at radius 3 is 2.68 bits per heavy atom. The summed E-state index contributed by atoms with van der Waals surface area (Å²) in [6, 6.07) is 17.9. The van der Waals surface area contributed by atoms with Crippen LogP contribution in [0, 0.1) is 5.92 Å². The molecule has 0 bridgehead atoms. The fourth-order valence-electron chi connectivity index (χ4n) is 4.31. The monoisotopic (exact) mass is 519 g/mol. The SMILES string of the molecule is O=C(NCc1ccco1)c1ccccc1NC(=O)C1CCN(Cc2nc(-c3cccc(Cl)c3)no2)CC1. The van der Waals surface area contributed by atoms with Crippen LogP contribution in [0.5, 0.6) is 0 Å². The molecule has 2 aromatic carbocycles. The van der Waals surface area contributed by atoms with Crippen molar-refractivity contribution >= 4 is 29.1 Å². The molecule has 9 nitrogen and oxygen atoms in total. The molecule has 10 heteroatoms. The molecule has 0 unspecified atom stereocenters. The molecule has 5 rings (SSSR count). The minimum atomic E-state index is -0.279. The standard InChI is InChI=1S/C27H26ClN5O4/c28-20-6-3-5-19(15-20)25-31-24(37-32-25)17-33-12-10-18(11-13-33)26(34)30-23-9-2-1-8-22(23)27(35)29-16-21-7-4-14-36-21/h1-9,14-15,18H,10-13,16-17H2,(H,29,35)(H,30,34). The fraction of sp³-hybridized carbons (Fsp3) is 0.259. The molecule has 190 valence electrons. The highest BCUT2D eigenvalue weighted by atomic mass is 35.5. The number of benzene rings is 2. The van der Waals surface area contributed by atoms with E-state index in [2.05, 4.69) is 25.7 Å². The number of halogens is 1. The van der Waals surface area contributed by atoms with Gasteiger partial charge in [0.05, 0.1) is 30.6 Å². The quantitative estimate of drug-likeness (QED) is 0.345. The predicted octanol–water partition coefficient (Wildman–Crippen LogP) is 4.76. The van der Waals surface area contributed by atoms with Crippen molar-refractivity contribution in [3.63, 3.8) is 0 Å². The summed E-state index contributed by atoms with van der Waals surface area (Å²) < 4.78 is 10.7. The van der Waals surface area contributed by atoms with E-state index in [1.807, 2.05) is 12.1 Å². The minimum Gasteiger partial charge on any atom is -0.467 e. The normalized spacial score (nSPS) is 14.4. The third-order valence-corrected chi connectivity index (χ3v) is 6.54. The van der Waals surface area contributed by atoms with Gasteiger partial charge >= 0.3 is 0 Å². The van der Waals surface area contributed by atoms with Gasteiger partial charge < -0.3 is 19.6 Å². The molecule has 0 radical (unpaired) electrons. The highest BCUT2D eigenvalue weighted by Gasteiger charge is 2.27. The average Bonchev–Trinajstić information content (AvgIpc) is 3.61. The molecule has 1 fully saturated rings. The van der Waals surface area contributed by atoms with Crippen LogP contribution in [0.25, 0.3) is 11.4 Å². The van der Waals surface area contributed by atoms with Crippen molar-refractivity contribution in [2.24, 2.45) is 5.92 Å². The molecule has 1 aliphatic heterocycles. The number of para-hydroxylation sites is 1. The Balaban J connectivity index is 1.13. The van der Waals surface area contributed by atoms with E-state index in [0.717, 1.165) is 18.7 Å². The van der Waals surface area contributed by atoms with E-state index in [-0.39, 0.29) is 24.3 Å². The maximum Gasteiger partial charge on any atom is 0.253 e. The lowest BCUT2D eigenvalue weighted by Gasteiger charge is -2.30. The van der Waals surface area contributed by atoms with E-state index in [9.17, 15) is 9.59 Å². The van der Waals surface area contributed by atoms with E-state index in [0.29, 0.717) is 53.1 Å². The van der Waals surface area contributed by atoms with E-state index >= 15 is 0 Å². The molecule has 2 aromatic heterocycles. The zero-order valence-corrected chi connectivity index (χ0v) is 20.8. The molecular weight excluding hydrogens is 494 g/mol. The third-order valence-electron chi connectivity index (χ3n) is 6.30. The van der Waals surface area contributed by atoms with Gasteiger partial charge in [-0.2, -0.15) is 4.98 Å². The van der Waals surface area contributed by atoms with Gasteiger partial charge in [0.15, 0.2) is 0 Å². The highest BCUT2D eigenvalue weighted by Crippen LogP contribution is 2.24. The second kappa shape index (κ2) is 11.4. The Labute approximate surface area is 218 Å². The van der Waals surface area contributed by atoms with Crippen molar-refractivity contribution in [3.8, 4) is 11.4 Å². The molecular formula is C27H26ClN5O4. The Morgan fingerprint density at radius 2 is 1.89 bits per heavy atom. The maximum absolute atomic E-state index is 13.0. The summed E-state index contributed by atoms with van der Waals surface area (Å²) >= 11 is 6.05. The lowest BCUT2D eigenvalue weighted by molar-refractivity contribution is -0.121. The maximum atomic E-state index is 13.0. The Hall–Kier alpha value is -3.95. The minimum absolute atomic E-state index is 0.0908. The molecule has 4 aromatic rings. The summed E-state index contributed by atoms with van der Waals surface area (Å²) in [6.45, 7) is 2.23. The number of carbonyl (C=O) groups is 2. The van der Waals surface area contributed by atoms with E-state index in [1.165, 1.54) is 0 Å². The zero-order valence-electron chi connectivity index (χ0n) is 20.0. The average molecular weight is 520 g/mol. The third kappa shape index (κ3) is 6.25. The van der Waals surface area contributed by atoms with Gasteiger partial charge in [-0.3, -0.25) is 14.5 Å². The second-order valence-electron chi connectivity index (χ2n) is 8.87. The van der Waals surface area contributed by atoms with Gasteiger partial charge in [-0.1, -0.05) is 41.0 Å². The van der Waals surface area contributed by atoms with Crippen molar-refractivity contribution in [1.29, 1.82) is 0 Å². The molecule has 2 amide bonds. The van der Waals surface area contributed by atoms with Gasteiger partial charge in [0.2, 0.25) is 17.6 Å². The summed E-state index contributed by atoms with van der Waals surface area (Å²) in [4.78, 5) is 32.4. The number of hydrogen-bond acceptors (Lipinski definition) is 7. The smallest absolute Gasteiger partial charge is 0.253 e. The van der Waals surface area contributed by atoms with Gasteiger partial charge in [-0.25, -0.2) is 0 Å². The number of furan rings is 1. The number of hydrogen-bond donors (Lipinski definition) is 2. The van der Waals surface area contributed by atoms with Crippen LogP contribution in [-0.4, -0.2) is 39.9 Å². The lowest BCUT2D eigenvalue weighted by atomic mass is 9.95. The Kier molecular flexibility index (Phi) is 7.62. The van der Waals surface area contributed by atoms with Crippen LogP contribution in [0.3, 0.4) is 0 Å². The fourth-order valence-corrected chi connectivity index (χ4v) is 4.50. The van der Waals surface area contributed by atoms with Crippen LogP contribution >= 0.6 is 11.6 Å². The highest BCUT2D eigenvalue weighted by molar-refractivity contribution is 6.30. The number of nitrogens with one attached hydrogen (secondary N) is 2. The van der Waals surface area contributed by atoms with Gasteiger partial charge in [0.25, 0.3) is 5.91 Å². The van der Waals surface area contributed by atoms with Crippen LogP contribution in [0.4, 0.5) is 5.69 Å². The van der Waals surface area contributed by atoms with Crippen molar-refractivity contribution in [1.82, 2.24) is 20.4 Å². The summed E-state index contributed by atoms with van der Waals surface area (Å²) in [5.74, 6) is 1.15. The van der Waals surface area contributed by atoms with Crippen LogP contribution in [0.2, 0.25) is 5.02 Å². The van der Waals surface area contributed by atoms with Crippen molar-refractivity contribution in [2.75, 3.05) is 18.4 Å². The van der Waals surface area contributed by atoms with E-state index in [4.69, 9.17) is 20.5 Å². The number of amides is 2. The zero-order chi connectivity index (χ0) is 25.6. The topological polar surface area (TPSA) is 114 Å². The molecule has 1 saturated heterocycles. The van der Waals surface area contributed by atoms with Crippen LogP contribution in [0.15, 0.2) is 75.9 Å². The van der Waals surface area contributed by atoms with Gasteiger partial charge in [-0.15, -0.1) is 0 Å². The lowest BCUT2D eigenvalue weighted by Crippen LogP contribution is -2.38. The number of piperidine rings is 1. The van der Waals surface area contributed by atoms with E-state index in [1.54, 1.807) is 54.8 Å². The largest absolute Gasteiger partial charge is 0.467 e. The van der Waals surface area contributed by atoms with Crippen molar-refractivity contribution < 1.29 is 18.5 Å². The predicted molar refractivity (Wildman–Crippen MR) is 138 cm³/mol. The number of rotatable bonds is 8. The van der Waals surface area contributed by atoms with Crippen molar-refractivity contribution in [3.05, 3.63) is 89.2 Å². The molecule has 0 atom stereocenters. The van der Waals surface area contributed by atoms with Crippen LogP contribution in [-0.2, 0) is 17.9 Å². The molecule has 2 N–H and O–H groups in total. The first kappa shape index (κ1) is 24.7. The van der Waals surface area contributed by atoms with Gasteiger partial charge in [-0.05, 0) is 62.3 Å². The van der Waals surface area contributed by atoms with Gasteiger partial charge in [0.1, 0.15) is 5.76 Å².